The fourth-order valence-electron chi connectivity index (χ4n) is 1.90. The van der Waals surface area contributed by atoms with Gasteiger partial charge >= 0.3 is 0 Å². The number of carbonyl (C=O) groups excluding carboxylic acids is 2. The van der Waals surface area contributed by atoms with E-state index in [1.807, 2.05) is 13.8 Å². The molecule has 80 valence electrons. The van der Waals surface area contributed by atoms with Crippen molar-refractivity contribution in [3.05, 3.63) is 0 Å². The van der Waals surface area contributed by atoms with Crippen molar-refractivity contribution in [3.63, 3.8) is 0 Å². The molecule has 0 radical (unpaired) electrons. The van der Waals surface area contributed by atoms with E-state index in [2.05, 4.69) is 5.32 Å². The minimum atomic E-state index is -0.237. The molecule has 1 atom stereocenters. The average molecular weight is 199 g/mol. The van der Waals surface area contributed by atoms with Crippen molar-refractivity contribution in [2.45, 2.75) is 33.1 Å². The monoisotopic (exact) mass is 199 g/mol. The van der Waals surface area contributed by atoms with Crippen LogP contribution in [-0.4, -0.2) is 23.5 Å². The van der Waals surface area contributed by atoms with Crippen molar-refractivity contribution in [2.75, 3.05) is 6.61 Å². The van der Waals surface area contributed by atoms with E-state index < -0.39 is 0 Å². The lowest BCUT2D eigenvalue weighted by Crippen LogP contribution is -2.46. The van der Waals surface area contributed by atoms with Gasteiger partial charge in [0.25, 0.3) is 0 Å². The molecule has 1 unspecified atom stereocenters. The lowest BCUT2D eigenvalue weighted by molar-refractivity contribution is -0.139. The summed E-state index contributed by atoms with van der Waals surface area (Å²) in [5.74, 6) is -0.543. The predicted molar refractivity (Wildman–Crippen MR) is 51.4 cm³/mol. The first kappa shape index (κ1) is 11.2. The Morgan fingerprint density at radius 1 is 1.50 bits per heavy atom. The summed E-state index contributed by atoms with van der Waals surface area (Å²) in [4.78, 5) is 22.4. The van der Waals surface area contributed by atoms with Gasteiger partial charge in [-0.15, -0.1) is 0 Å². The molecular formula is C10H17NO3. The molecule has 1 rings (SSSR count). The molecule has 1 fully saturated rings. The first-order chi connectivity index (χ1) is 6.47. The van der Waals surface area contributed by atoms with Crippen LogP contribution in [0.4, 0.5) is 0 Å². The molecule has 0 spiro atoms. The average Bonchev–Trinajstić information content (AvgIpc) is 2.02. The number of rotatable bonds is 3. The third-order valence-electron chi connectivity index (χ3n) is 2.94. The third kappa shape index (κ3) is 2.32. The Balaban J connectivity index is 2.68. The highest BCUT2D eigenvalue weighted by Gasteiger charge is 2.38. The number of hydrogen-bond acceptors (Lipinski definition) is 3. The Morgan fingerprint density at radius 3 is 2.64 bits per heavy atom. The molecule has 0 saturated carbocycles. The van der Waals surface area contributed by atoms with Gasteiger partial charge in [-0.1, -0.05) is 13.8 Å². The second-order valence-electron chi connectivity index (χ2n) is 4.47. The van der Waals surface area contributed by atoms with Crippen LogP contribution in [0.15, 0.2) is 0 Å². The van der Waals surface area contributed by atoms with Crippen LogP contribution in [0.3, 0.4) is 0 Å². The molecule has 0 aliphatic carbocycles. The van der Waals surface area contributed by atoms with Gasteiger partial charge in [-0.3, -0.25) is 14.9 Å². The van der Waals surface area contributed by atoms with Crippen molar-refractivity contribution in [1.29, 1.82) is 0 Å². The Morgan fingerprint density at radius 2 is 2.14 bits per heavy atom. The lowest BCUT2D eigenvalue weighted by Gasteiger charge is -2.34. The van der Waals surface area contributed by atoms with Crippen LogP contribution in [-0.2, 0) is 9.59 Å². The van der Waals surface area contributed by atoms with E-state index >= 15 is 0 Å². The van der Waals surface area contributed by atoms with E-state index in [4.69, 9.17) is 5.11 Å². The molecule has 4 nitrogen and oxygen atoms in total. The summed E-state index contributed by atoms with van der Waals surface area (Å²) in [6.45, 7) is 3.97. The lowest BCUT2D eigenvalue weighted by atomic mass is 9.72. The summed E-state index contributed by atoms with van der Waals surface area (Å²) in [5.41, 5.74) is -0.237. The van der Waals surface area contributed by atoms with Gasteiger partial charge in [-0.25, -0.2) is 0 Å². The molecule has 2 amide bonds. The van der Waals surface area contributed by atoms with Gasteiger partial charge in [0.1, 0.15) is 0 Å². The van der Waals surface area contributed by atoms with Crippen LogP contribution in [0.5, 0.6) is 0 Å². The van der Waals surface area contributed by atoms with E-state index in [-0.39, 0.29) is 29.8 Å². The molecule has 4 heteroatoms. The molecule has 1 heterocycles. The van der Waals surface area contributed by atoms with E-state index in [1.54, 1.807) is 0 Å². The van der Waals surface area contributed by atoms with E-state index in [1.165, 1.54) is 0 Å². The topological polar surface area (TPSA) is 66.4 Å². The highest BCUT2D eigenvalue weighted by Crippen LogP contribution is 2.35. The Bertz CT molecular complexity index is 248. The molecule has 1 aliphatic rings. The van der Waals surface area contributed by atoms with E-state index in [9.17, 15) is 9.59 Å². The van der Waals surface area contributed by atoms with Crippen molar-refractivity contribution in [3.8, 4) is 0 Å². The molecule has 1 aliphatic heterocycles. The Hall–Kier alpha value is -0.900. The zero-order valence-corrected chi connectivity index (χ0v) is 8.67. The standard InChI is InChI=1S/C10H17NO3/c1-10(2,5-6-12)7-3-4-8(13)11-9(7)14/h7,12H,3-6H2,1-2H3,(H,11,13,14). The molecular weight excluding hydrogens is 182 g/mol. The number of imide groups is 1. The summed E-state index contributed by atoms with van der Waals surface area (Å²) in [5, 5.41) is 11.2. The summed E-state index contributed by atoms with van der Waals surface area (Å²) in [7, 11) is 0. The van der Waals surface area contributed by atoms with Crippen LogP contribution in [0.25, 0.3) is 0 Å². The van der Waals surface area contributed by atoms with Gasteiger partial charge in [0.05, 0.1) is 0 Å². The molecule has 0 aromatic carbocycles. The van der Waals surface area contributed by atoms with Crippen molar-refractivity contribution < 1.29 is 14.7 Å². The minimum Gasteiger partial charge on any atom is -0.396 e. The fourth-order valence-corrected chi connectivity index (χ4v) is 1.90. The molecule has 0 aromatic rings. The van der Waals surface area contributed by atoms with Gasteiger partial charge in [0.2, 0.25) is 11.8 Å². The number of piperidine rings is 1. The Kier molecular flexibility index (Phi) is 3.26. The minimum absolute atomic E-state index is 0.0741. The maximum atomic E-state index is 11.5. The molecule has 2 N–H and O–H groups in total. The summed E-state index contributed by atoms with van der Waals surface area (Å²) < 4.78 is 0. The summed E-state index contributed by atoms with van der Waals surface area (Å²) in [6, 6.07) is 0. The van der Waals surface area contributed by atoms with Crippen LogP contribution in [0.1, 0.15) is 33.1 Å². The number of aliphatic hydroxyl groups is 1. The molecule has 1 saturated heterocycles. The summed E-state index contributed by atoms with van der Waals surface area (Å²) >= 11 is 0. The van der Waals surface area contributed by atoms with E-state index in [0.29, 0.717) is 19.3 Å². The summed E-state index contributed by atoms with van der Waals surface area (Å²) in [6.07, 6.45) is 1.59. The van der Waals surface area contributed by atoms with Crippen LogP contribution in [0, 0.1) is 11.3 Å². The second-order valence-corrected chi connectivity index (χ2v) is 4.47. The van der Waals surface area contributed by atoms with Gasteiger partial charge in [-0.05, 0) is 18.3 Å². The highest BCUT2D eigenvalue weighted by molar-refractivity contribution is 5.98. The number of hydrogen-bond donors (Lipinski definition) is 2. The number of carbonyl (C=O) groups is 2. The van der Waals surface area contributed by atoms with Gasteiger partial charge < -0.3 is 5.11 Å². The van der Waals surface area contributed by atoms with Crippen molar-refractivity contribution in [1.82, 2.24) is 5.32 Å². The largest absolute Gasteiger partial charge is 0.396 e. The van der Waals surface area contributed by atoms with Gasteiger partial charge in [0.15, 0.2) is 0 Å². The second kappa shape index (κ2) is 4.09. The molecule has 0 bridgehead atoms. The highest BCUT2D eigenvalue weighted by atomic mass is 16.3. The zero-order valence-electron chi connectivity index (χ0n) is 8.67. The zero-order chi connectivity index (χ0) is 10.8. The van der Waals surface area contributed by atoms with Crippen molar-refractivity contribution in [2.24, 2.45) is 11.3 Å². The van der Waals surface area contributed by atoms with Crippen LogP contribution in [0.2, 0.25) is 0 Å². The molecule has 14 heavy (non-hydrogen) atoms. The normalized spacial score (nSPS) is 23.5. The maximum absolute atomic E-state index is 11.5. The fraction of sp³-hybridized carbons (Fsp3) is 0.800. The number of aliphatic hydroxyl groups excluding tert-OH is 1. The SMILES string of the molecule is CC(C)(CCO)C1CCC(=O)NC1=O. The number of amides is 2. The first-order valence-corrected chi connectivity index (χ1v) is 4.92. The predicted octanol–water partition coefficient (Wildman–Crippen LogP) is 0.448. The van der Waals surface area contributed by atoms with Crippen LogP contribution >= 0.6 is 0 Å². The van der Waals surface area contributed by atoms with E-state index in [0.717, 1.165) is 0 Å². The van der Waals surface area contributed by atoms with Crippen molar-refractivity contribution >= 4 is 11.8 Å². The Labute approximate surface area is 83.7 Å². The quantitative estimate of drug-likeness (QED) is 0.648. The number of nitrogens with one attached hydrogen (secondary N) is 1. The molecule has 0 aromatic heterocycles. The smallest absolute Gasteiger partial charge is 0.230 e. The first-order valence-electron chi connectivity index (χ1n) is 4.92. The van der Waals surface area contributed by atoms with Gasteiger partial charge in [-0.2, -0.15) is 0 Å². The van der Waals surface area contributed by atoms with Gasteiger partial charge in [0, 0.05) is 18.9 Å². The van der Waals surface area contributed by atoms with Crippen LogP contribution < -0.4 is 5.32 Å². The maximum Gasteiger partial charge on any atom is 0.230 e. The third-order valence-corrected chi connectivity index (χ3v) is 2.94.